The molecule has 0 spiro atoms. The molecule has 0 aliphatic carbocycles. The molecule has 0 saturated heterocycles. The van der Waals surface area contributed by atoms with Crippen LogP contribution < -0.4 is 16.2 Å². The first-order chi connectivity index (χ1) is 8.13. The van der Waals surface area contributed by atoms with E-state index in [0.717, 1.165) is 12.0 Å². The van der Waals surface area contributed by atoms with Crippen molar-refractivity contribution in [3.63, 3.8) is 0 Å². The van der Waals surface area contributed by atoms with Crippen molar-refractivity contribution in [2.24, 2.45) is 21.7 Å². The zero-order valence-corrected chi connectivity index (χ0v) is 10.3. The third-order valence-electron chi connectivity index (χ3n) is 1.80. The molecule has 0 aliphatic rings. The molecular formula is C11H15ClN4O. The lowest BCUT2D eigenvalue weighted by Crippen LogP contribution is -2.21. The molecule has 0 aromatic heterocycles. The fourth-order valence-electron chi connectivity index (χ4n) is 1.12. The lowest BCUT2D eigenvalue weighted by molar-refractivity contribution is 0.317. The Bertz CT molecular complexity index is 427. The maximum atomic E-state index is 5.89. The number of benzene rings is 1. The molecule has 0 aliphatic heterocycles. The number of nitrogens with two attached hydrogens (primary N) is 2. The van der Waals surface area contributed by atoms with Crippen LogP contribution in [0.2, 0.25) is 5.02 Å². The molecule has 1 rings (SSSR count). The number of hydrogen-bond acceptors (Lipinski definition) is 3. The topological polar surface area (TPSA) is 86.0 Å². The van der Waals surface area contributed by atoms with E-state index in [1.54, 1.807) is 18.2 Å². The SMILES string of the molecule is CCCOc1ccc(Cl)cc1C=NN=C(N)N. The normalized spacial score (nSPS) is 10.5. The van der Waals surface area contributed by atoms with Crippen molar-refractivity contribution in [2.75, 3.05) is 6.61 Å². The van der Waals surface area contributed by atoms with E-state index in [0.29, 0.717) is 17.4 Å². The highest BCUT2D eigenvalue weighted by Gasteiger charge is 2.02. The van der Waals surface area contributed by atoms with Crippen LogP contribution in [-0.2, 0) is 0 Å². The predicted octanol–water partition coefficient (Wildman–Crippen LogP) is 1.74. The van der Waals surface area contributed by atoms with Gasteiger partial charge in [0.2, 0.25) is 5.96 Å². The Balaban J connectivity index is 2.90. The molecule has 0 unspecified atom stereocenters. The monoisotopic (exact) mass is 254 g/mol. The van der Waals surface area contributed by atoms with Gasteiger partial charge in [0, 0.05) is 10.6 Å². The summed E-state index contributed by atoms with van der Waals surface area (Å²) in [5, 5.41) is 7.84. The van der Waals surface area contributed by atoms with E-state index in [9.17, 15) is 0 Å². The molecule has 0 radical (unpaired) electrons. The maximum Gasteiger partial charge on any atom is 0.211 e. The van der Waals surface area contributed by atoms with Crippen molar-refractivity contribution in [1.29, 1.82) is 0 Å². The molecule has 0 heterocycles. The summed E-state index contributed by atoms with van der Waals surface area (Å²) in [6, 6.07) is 5.28. The van der Waals surface area contributed by atoms with Crippen LogP contribution in [0.3, 0.4) is 0 Å². The van der Waals surface area contributed by atoms with E-state index in [2.05, 4.69) is 10.2 Å². The molecule has 6 heteroatoms. The van der Waals surface area contributed by atoms with Crippen LogP contribution in [0.5, 0.6) is 5.75 Å². The summed E-state index contributed by atoms with van der Waals surface area (Å²) in [5.74, 6) is 0.602. The van der Waals surface area contributed by atoms with Gasteiger partial charge in [0.25, 0.3) is 0 Å². The van der Waals surface area contributed by atoms with Crippen LogP contribution in [0.25, 0.3) is 0 Å². The lowest BCUT2D eigenvalue weighted by atomic mass is 10.2. The molecule has 1 aromatic carbocycles. The second-order valence-corrected chi connectivity index (χ2v) is 3.74. The average Bonchev–Trinajstić information content (AvgIpc) is 2.27. The van der Waals surface area contributed by atoms with Crippen LogP contribution in [0.4, 0.5) is 0 Å². The third kappa shape index (κ3) is 4.74. The number of guanidine groups is 1. The van der Waals surface area contributed by atoms with Crippen molar-refractivity contribution in [3.05, 3.63) is 28.8 Å². The first-order valence-electron chi connectivity index (χ1n) is 5.17. The molecule has 92 valence electrons. The van der Waals surface area contributed by atoms with Gasteiger partial charge in [0.15, 0.2) is 0 Å². The quantitative estimate of drug-likeness (QED) is 0.477. The number of hydrogen-bond donors (Lipinski definition) is 2. The van der Waals surface area contributed by atoms with Crippen LogP contribution in [-0.4, -0.2) is 18.8 Å². The zero-order valence-electron chi connectivity index (χ0n) is 9.56. The van der Waals surface area contributed by atoms with Crippen molar-refractivity contribution in [1.82, 2.24) is 0 Å². The smallest absolute Gasteiger partial charge is 0.211 e. The first-order valence-corrected chi connectivity index (χ1v) is 5.55. The molecule has 4 N–H and O–H groups in total. The summed E-state index contributed by atoms with van der Waals surface area (Å²) in [6.45, 7) is 2.66. The summed E-state index contributed by atoms with van der Waals surface area (Å²) in [5.41, 5.74) is 11.1. The number of ether oxygens (including phenoxy) is 1. The minimum absolute atomic E-state index is 0.0979. The fraction of sp³-hybridized carbons (Fsp3) is 0.273. The minimum atomic E-state index is -0.0979. The van der Waals surface area contributed by atoms with Gasteiger partial charge < -0.3 is 16.2 Å². The molecule has 5 nitrogen and oxygen atoms in total. The molecule has 1 aromatic rings. The van der Waals surface area contributed by atoms with Gasteiger partial charge in [0.05, 0.1) is 12.8 Å². The summed E-state index contributed by atoms with van der Waals surface area (Å²) >= 11 is 5.89. The Hall–Kier alpha value is -1.75. The third-order valence-corrected chi connectivity index (χ3v) is 2.04. The Morgan fingerprint density at radius 1 is 1.47 bits per heavy atom. The van der Waals surface area contributed by atoms with Crippen LogP contribution in [0.15, 0.2) is 28.4 Å². The van der Waals surface area contributed by atoms with Gasteiger partial charge >= 0.3 is 0 Å². The molecule has 0 amide bonds. The number of rotatable bonds is 5. The molecule has 0 bridgehead atoms. The van der Waals surface area contributed by atoms with Crippen LogP contribution in [0.1, 0.15) is 18.9 Å². The molecule has 17 heavy (non-hydrogen) atoms. The van der Waals surface area contributed by atoms with E-state index in [1.165, 1.54) is 6.21 Å². The largest absolute Gasteiger partial charge is 0.493 e. The Morgan fingerprint density at radius 3 is 2.88 bits per heavy atom. The second kappa shape index (κ2) is 6.75. The lowest BCUT2D eigenvalue weighted by Gasteiger charge is -2.07. The molecular weight excluding hydrogens is 240 g/mol. The standard InChI is InChI=1S/C11H15ClN4O/c1-2-5-17-10-4-3-9(12)6-8(10)7-15-16-11(13)14/h3-4,6-7H,2,5H2,1H3,(H4,13,14,16). The van der Waals surface area contributed by atoms with Gasteiger partial charge in [-0.3, -0.25) is 0 Å². The van der Waals surface area contributed by atoms with Gasteiger partial charge in [-0.15, -0.1) is 5.10 Å². The van der Waals surface area contributed by atoms with Crippen molar-refractivity contribution in [3.8, 4) is 5.75 Å². The van der Waals surface area contributed by atoms with E-state index in [-0.39, 0.29) is 5.96 Å². The van der Waals surface area contributed by atoms with Crippen LogP contribution >= 0.6 is 11.6 Å². The Labute approximate surface area is 105 Å². The highest BCUT2D eigenvalue weighted by Crippen LogP contribution is 2.21. The second-order valence-electron chi connectivity index (χ2n) is 3.30. The minimum Gasteiger partial charge on any atom is -0.493 e. The summed E-state index contributed by atoms with van der Waals surface area (Å²) in [4.78, 5) is 0. The zero-order chi connectivity index (χ0) is 12.7. The number of halogens is 1. The Kier molecular flexibility index (Phi) is 5.29. The van der Waals surface area contributed by atoms with Gasteiger partial charge in [-0.1, -0.05) is 18.5 Å². The van der Waals surface area contributed by atoms with E-state index in [4.69, 9.17) is 27.8 Å². The van der Waals surface area contributed by atoms with Gasteiger partial charge in [-0.2, -0.15) is 5.10 Å². The summed E-state index contributed by atoms with van der Waals surface area (Å²) in [6.07, 6.45) is 2.42. The van der Waals surface area contributed by atoms with E-state index < -0.39 is 0 Å². The summed E-state index contributed by atoms with van der Waals surface area (Å²) < 4.78 is 5.54. The highest BCUT2D eigenvalue weighted by molar-refractivity contribution is 6.30. The van der Waals surface area contributed by atoms with Crippen molar-refractivity contribution >= 4 is 23.8 Å². The Morgan fingerprint density at radius 2 is 2.24 bits per heavy atom. The van der Waals surface area contributed by atoms with E-state index >= 15 is 0 Å². The fourth-order valence-corrected chi connectivity index (χ4v) is 1.30. The summed E-state index contributed by atoms with van der Waals surface area (Å²) in [7, 11) is 0. The molecule has 0 atom stereocenters. The molecule has 0 saturated carbocycles. The van der Waals surface area contributed by atoms with Crippen molar-refractivity contribution < 1.29 is 4.74 Å². The maximum absolute atomic E-state index is 5.89. The van der Waals surface area contributed by atoms with Gasteiger partial charge in [0.1, 0.15) is 5.75 Å². The van der Waals surface area contributed by atoms with Gasteiger partial charge in [-0.05, 0) is 24.6 Å². The predicted molar refractivity (Wildman–Crippen MR) is 70.6 cm³/mol. The first kappa shape index (κ1) is 13.3. The molecule has 0 fully saturated rings. The average molecular weight is 255 g/mol. The number of nitrogens with zero attached hydrogens (tertiary/aromatic N) is 2. The van der Waals surface area contributed by atoms with Crippen molar-refractivity contribution in [2.45, 2.75) is 13.3 Å². The van der Waals surface area contributed by atoms with Crippen LogP contribution in [0, 0.1) is 0 Å². The van der Waals surface area contributed by atoms with Gasteiger partial charge in [-0.25, -0.2) is 0 Å². The highest BCUT2D eigenvalue weighted by atomic mass is 35.5. The van der Waals surface area contributed by atoms with E-state index in [1.807, 2.05) is 6.92 Å².